The molecule has 1 rings (SSSR count). The molecule has 0 aromatic rings. The van der Waals surface area contributed by atoms with E-state index < -0.39 is 0 Å². The van der Waals surface area contributed by atoms with Crippen molar-refractivity contribution >= 4 is 6.29 Å². The fourth-order valence-corrected chi connectivity index (χ4v) is 1.45. The lowest BCUT2D eigenvalue weighted by Crippen LogP contribution is -2.35. The minimum absolute atomic E-state index is 0.0336. The van der Waals surface area contributed by atoms with Gasteiger partial charge in [-0.1, -0.05) is 19.1 Å². The van der Waals surface area contributed by atoms with E-state index in [2.05, 4.69) is 6.08 Å². The first-order valence-corrected chi connectivity index (χ1v) is 3.89. The minimum atomic E-state index is -0.302. The van der Waals surface area contributed by atoms with Gasteiger partial charge in [-0.3, -0.25) is 0 Å². The van der Waals surface area contributed by atoms with Crippen LogP contribution >= 0.6 is 0 Å². The normalized spacial score (nSPS) is 37.1. The van der Waals surface area contributed by atoms with Gasteiger partial charge in [-0.25, -0.2) is 0 Å². The first kappa shape index (κ1) is 8.47. The van der Waals surface area contributed by atoms with Gasteiger partial charge in [0.2, 0.25) is 0 Å². The maximum Gasteiger partial charge on any atom is 0.128 e. The second kappa shape index (κ2) is 3.18. The van der Waals surface area contributed by atoms with E-state index in [1.807, 2.05) is 13.0 Å². The fourth-order valence-electron chi connectivity index (χ4n) is 1.45. The van der Waals surface area contributed by atoms with Gasteiger partial charge in [0.1, 0.15) is 6.29 Å². The molecule has 0 spiro atoms. The van der Waals surface area contributed by atoms with Gasteiger partial charge in [-0.2, -0.15) is 0 Å². The number of ether oxygens (including phenoxy) is 1. The van der Waals surface area contributed by atoms with E-state index in [-0.39, 0.29) is 11.5 Å². The van der Waals surface area contributed by atoms with Gasteiger partial charge >= 0.3 is 0 Å². The maximum absolute atomic E-state index is 10.7. The van der Waals surface area contributed by atoms with Crippen molar-refractivity contribution in [1.82, 2.24) is 0 Å². The van der Waals surface area contributed by atoms with Crippen molar-refractivity contribution in [2.45, 2.75) is 25.9 Å². The van der Waals surface area contributed by atoms with E-state index in [1.54, 1.807) is 7.11 Å². The zero-order valence-corrected chi connectivity index (χ0v) is 7.04. The highest BCUT2D eigenvalue weighted by Gasteiger charge is 2.33. The van der Waals surface area contributed by atoms with Crippen LogP contribution in [0.2, 0.25) is 0 Å². The molecule has 0 saturated heterocycles. The number of aldehydes is 1. The predicted molar refractivity (Wildman–Crippen MR) is 43.3 cm³/mol. The SMILES string of the molecule is COC1C=CCCC1(C)C=O. The van der Waals surface area contributed by atoms with Crippen molar-refractivity contribution in [3.05, 3.63) is 12.2 Å². The second-order valence-electron chi connectivity index (χ2n) is 3.25. The smallest absolute Gasteiger partial charge is 0.128 e. The van der Waals surface area contributed by atoms with Crippen molar-refractivity contribution < 1.29 is 9.53 Å². The molecule has 11 heavy (non-hydrogen) atoms. The minimum Gasteiger partial charge on any atom is -0.376 e. The monoisotopic (exact) mass is 154 g/mol. The molecule has 0 heterocycles. The van der Waals surface area contributed by atoms with E-state index in [0.717, 1.165) is 19.1 Å². The molecule has 1 aliphatic rings. The van der Waals surface area contributed by atoms with Gasteiger partial charge in [0.05, 0.1) is 11.5 Å². The Labute approximate surface area is 67.2 Å². The quantitative estimate of drug-likeness (QED) is 0.445. The first-order valence-electron chi connectivity index (χ1n) is 3.89. The third-order valence-electron chi connectivity index (χ3n) is 2.33. The molecule has 0 amide bonds. The summed E-state index contributed by atoms with van der Waals surface area (Å²) < 4.78 is 5.18. The molecule has 0 saturated carbocycles. The number of methoxy groups -OCH3 is 1. The number of carbonyl (C=O) groups excluding carboxylic acids is 1. The van der Waals surface area contributed by atoms with Crippen molar-refractivity contribution in [3.8, 4) is 0 Å². The van der Waals surface area contributed by atoms with Crippen LogP contribution in [0.4, 0.5) is 0 Å². The average molecular weight is 154 g/mol. The number of hydrogen-bond acceptors (Lipinski definition) is 2. The molecular formula is C9H14O2. The highest BCUT2D eigenvalue weighted by atomic mass is 16.5. The van der Waals surface area contributed by atoms with Gasteiger partial charge in [0, 0.05) is 7.11 Å². The standard InChI is InChI=1S/C9H14O2/c1-9(7-10)6-4-3-5-8(9)11-2/h3,5,7-8H,4,6H2,1-2H3. The van der Waals surface area contributed by atoms with Crippen LogP contribution in [0.25, 0.3) is 0 Å². The van der Waals surface area contributed by atoms with Crippen molar-refractivity contribution in [2.24, 2.45) is 5.41 Å². The lowest BCUT2D eigenvalue weighted by atomic mass is 9.78. The summed E-state index contributed by atoms with van der Waals surface area (Å²) in [5.74, 6) is 0. The van der Waals surface area contributed by atoms with Crippen molar-refractivity contribution in [2.75, 3.05) is 7.11 Å². The summed E-state index contributed by atoms with van der Waals surface area (Å²) in [5.41, 5.74) is -0.302. The molecule has 0 aromatic carbocycles. The van der Waals surface area contributed by atoms with Crippen LogP contribution in [0, 0.1) is 5.41 Å². The van der Waals surface area contributed by atoms with Crippen LogP contribution in [0.15, 0.2) is 12.2 Å². The molecule has 0 fully saturated rings. The van der Waals surface area contributed by atoms with E-state index in [1.165, 1.54) is 0 Å². The summed E-state index contributed by atoms with van der Waals surface area (Å²) in [6, 6.07) is 0. The largest absolute Gasteiger partial charge is 0.376 e. The summed E-state index contributed by atoms with van der Waals surface area (Å²) in [6.45, 7) is 1.94. The summed E-state index contributed by atoms with van der Waals surface area (Å²) in [5, 5.41) is 0. The lowest BCUT2D eigenvalue weighted by Gasteiger charge is -2.32. The molecule has 2 heteroatoms. The summed E-state index contributed by atoms with van der Waals surface area (Å²) in [7, 11) is 1.64. The number of carbonyl (C=O) groups is 1. The molecule has 2 atom stereocenters. The second-order valence-corrected chi connectivity index (χ2v) is 3.25. The van der Waals surface area contributed by atoms with Gasteiger partial charge in [-0.05, 0) is 12.8 Å². The van der Waals surface area contributed by atoms with Crippen LogP contribution in [0.5, 0.6) is 0 Å². The van der Waals surface area contributed by atoms with Crippen LogP contribution in [-0.4, -0.2) is 19.5 Å². The van der Waals surface area contributed by atoms with E-state index in [0.29, 0.717) is 0 Å². The molecule has 0 bridgehead atoms. The first-order chi connectivity index (χ1) is 5.23. The maximum atomic E-state index is 10.7. The van der Waals surface area contributed by atoms with Crippen LogP contribution in [-0.2, 0) is 9.53 Å². The van der Waals surface area contributed by atoms with E-state index >= 15 is 0 Å². The molecule has 62 valence electrons. The fraction of sp³-hybridized carbons (Fsp3) is 0.667. The zero-order chi connectivity index (χ0) is 8.32. The summed E-state index contributed by atoms with van der Waals surface area (Å²) >= 11 is 0. The molecule has 0 radical (unpaired) electrons. The zero-order valence-electron chi connectivity index (χ0n) is 7.04. The average Bonchev–Trinajstić information content (AvgIpc) is 2.05. The Balaban J connectivity index is 2.77. The Morgan fingerprint density at radius 2 is 2.45 bits per heavy atom. The third-order valence-corrected chi connectivity index (χ3v) is 2.33. The molecule has 0 aromatic heterocycles. The van der Waals surface area contributed by atoms with Crippen molar-refractivity contribution in [3.63, 3.8) is 0 Å². The van der Waals surface area contributed by atoms with Crippen LogP contribution in [0.3, 0.4) is 0 Å². The Hall–Kier alpha value is -0.630. The molecule has 0 aliphatic heterocycles. The Morgan fingerprint density at radius 3 is 2.91 bits per heavy atom. The summed E-state index contributed by atoms with van der Waals surface area (Å²) in [4.78, 5) is 10.7. The lowest BCUT2D eigenvalue weighted by molar-refractivity contribution is -0.121. The topological polar surface area (TPSA) is 26.3 Å². The molecule has 2 nitrogen and oxygen atoms in total. The van der Waals surface area contributed by atoms with Gasteiger partial charge in [0.25, 0.3) is 0 Å². The number of allylic oxidation sites excluding steroid dienone is 1. The number of hydrogen-bond donors (Lipinski definition) is 0. The van der Waals surface area contributed by atoms with E-state index in [9.17, 15) is 4.79 Å². The molecule has 2 unspecified atom stereocenters. The Bertz CT molecular complexity index is 174. The molecular weight excluding hydrogens is 140 g/mol. The highest BCUT2D eigenvalue weighted by molar-refractivity contribution is 5.61. The summed E-state index contributed by atoms with van der Waals surface area (Å²) in [6.07, 6.45) is 6.89. The Morgan fingerprint density at radius 1 is 1.73 bits per heavy atom. The molecule has 0 N–H and O–H groups in total. The molecule has 1 aliphatic carbocycles. The van der Waals surface area contributed by atoms with E-state index in [4.69, 9.17) is 4.74 Å². The number of rotatable bonds is 2. The highest BCUT2D eigenvalue weighted by Crippen LogP contribution is 2.31. The van der Waals surface area contributed by atoms with Gasteiger partial charge < -0.3 is 9.53 Å². The van der Waals surface area contributed by atoms with Crippen LogP contribution in [0.1, 0.15) is 19.8 Å². The van der Waals surface area contributed by atoms with Gasteiger partial charge in [0.15, 0.2) is 0 Å². The van der Waals surface area contributed by atoms with Crippen molar-refractivity contribution in [1.29, 1.82) is 0 Å². The van der Waals surface area contributed by atoms with Gasteiger partial charge in [-0.15, -0.1) is 0 Å². The predicted octanol–water partition coefficient (Wildman–Crippen LogP) is 1.56. The van der Waals surface area contributed by atoms with Crippen LogP contribution < -0.4 is 0 Å². The Kier molecular flexibility index (Phi) is 2.45. The third kappa shape index (κ3) is 1.51.